The second-order valence-corrected chi connectivity index (χ2v) is 12.7. The third-order valence-corrected chi connectivity index (χ3v) is 9.83. The fourth-order valence-corrected chi connectivity index (χ4v) is 7.72. The molecule has 0 spiro atoms. The molecule has 2 aliphatic rings. The summed E-state index contributed by atoms with van der Waals surface area (Å²) in [5.41, 5.74) is 5.99. The molecule has 2 unspecified atom stereocenters. The van der Waals surface area contributed by atoms with Crippen LogP contribution in [0.1, 0.15) is 57.2 Å². The Labute approximate surface area is 216 Å². The zero-order valence-corrected chi connectivity index (χ0v) is 24.5. The van der Waals surface area contributed by atoms with Crippen molar-refractivity contribution in [3.8, 4) is 0 Å². The third-order valence-electron chi connectivity index (χ3n) is 5.59. The Hall–Kier alpha value is -1.25. The molecular weight excluding hydrogens is 480 g/mol. The monoisotopic (exact) mass is 521 g/mol. The first kappa shape index (κ1) is 29.8. The maximum absolute atomic E-state index is 3.50. The van der Waals surface area contributed by atoms with Gasteiger partial charge in [0, 0.05) is 0 Å². The first-order valence-corrected chi connectivity index (χ1v) is 14.6. The van der Waals surface area contributed by atoms with Gasteiger partial charge >= 0.3 is 126 Å². The molecule has 0 saturated carbocycles. The van der Waals surface area contributed by atoms with Crippen LogP contribution < -0.4 is 0 Å². The fourth-order valence-electron chi connectivity index (χ4n) is 3.58. The molecule has 0 aliphatic heterocycles. The van der Waals surface area contributed by atoms with Gasteiger partial charge in [0.15, 0.2) is 7.98 Å². The van der Waals surface area contributed by atoms with Gasteiger partial charge in [-0.05, 0) is 12.1 Å². The molecule has 0 radical (unpaired) electrons. The molecule has 4 rings (SSSR count). The van der Waals surface area contributed by atoms with Crippen LogP contribution in [0.5, 0.6) is 0 Å². The number of benzene rings is 2. The molecule has 0 aromatic heterocycles. The molecule has 0 heterocycles. The molecular formula is C28H42BN3Zr. The molecule has 2 aliphatic carbocycles. The largest absolute Gasteiger partial charge is 0.668 e. The van der Waals surface area contributed by atoms with E-state index >= 15 is 0 Å². The average Bonchev–Trinajstić information content (AvgIpc) is 3.40. The smallest absolute Gasteiger partial charge is 0.162 e. The molecule has 5 heteroatoms. The Balaban J connectivity index is 0.000000327. The Morgan fingerprint density at radius 2 is 1.03 bits per heavy atom. The number of rotatable bonds is 4. The average molecular weight is 523 g/mol. The summed E-state index contributed by atoms with van der Waals surface area (Å²) < 4.78 is 1.47. The van der Waals surface area contributed by atoms with Gasteiger partial charge in [-0.1, -0.05) is 27.7 Å². The molecule has 0 amide bonds. The summed E-state index contributed by atoms with van der Waals surface area (Å²) in [6, 6.07) is 19.1. The van der Waals surface area contributed by atoms with Gasteiger partial charge in [0.05, 0.1) is 0 Å². The van der Waals surface area contributed by atoms with Crippen LogP contribution in [0.15, 0.2) is 60.7 Å². The zero-order chi connectivity index (χ0) is 24.8. The van der Waals surface area contributed by atoms with E-state index in [1.54, 1.807) is 39.3 Å². The van der Waals surface area contributed by atoms with Crippen molar-refractivity contribution >= 4 is 20.1 Å². The standard InChI is InChI=1S/2C9H7.C6H16BN.2C2H6N.Zr/c2*1-2-5-9-7-3-6-8(9)4-1;1-5(2)8(7)6(3)4;2*1-3-2;/h2*1-7H;5-6H,7H2,1-4H3;2*1-2H3;/q;;;2*-1;+2. The quantitative estimate of drug-likeness (QED) is 0.422. The first-order valence-electron chi connectivity index (χ1n) is 11.8. The topological polar surface area (TPSA) is 31.4 Å². The van der Waals surface area contributed by atoms with Gasteiger partial charge < -0.3 is 15.4 Å². The van der Waals surface area contributed by atoms with Crippen molar-refractivity contribution in [1.82, 2.24) is 4.81 Å². The van der Waals surface area contributed by atoms with Gasteiger partial charge in [-0.2, -0.15) is 28.2 Å². The summed E-state index contributed by atoms with van der Waals surface area (Å²) in [5, 5.41) is 7.00. The second kappa shape index (κ2) is 16.4. The van der Waals surface area contributed by atoms with Crippen molar-refractivity contribution < 1.29 is 23.2 Å². The van der Waals surface area contributed by atoms with Crippen molar-refractivity contribution in [2.45, 2.75) is 47.0 Å². The molecule has 2 aromatic rings. The van der Waals surface area contributed by atoms with E-state index in [4.69, 9.17) is 0 Å². The Bertz CT molecular complexity index is 794. The second-order valence-electron chi connectivity index (χ2n) is 8.85. The minimum atomic E-state index is -0.542. The predicted octanol–water partition coefficient (Wildman–Crippen LogP) is 6.50. The van der Waals surface area contributed by atoms with Crippen molar-refractivity contribution in [2.24, 2.45) is 0 Å². The molecule has 2 atom stereocenters. The summed E-state index contributed by atoms with van der Waals surface area (Å²) >= 11 is -0.542. The summed E-state index contributed by atoms with van der Waals surface area (Å²) in [7, 11) is 9.15. The van der Waals surface area contributed by atoms with Gasteiger partial charge in [-0.25, -0.2) is 0 Å². The van der Waals surface area contributed by atoms with E-state index in [-0.39, 0.29) is 0 Å². The van der Waals surface area contributed by atoms with Crippen molar-refractivity contribution in [3.05, 3.63) is 93.6 Å². The summed E-state index contributed by atoms with van der Waals surface area (Å²) in [5.74, 6) is 0. The minimum Gasteiger partial charge on any atom is -0.668 e. The van der Waals surface area contributed by atoms with Gasteiger partial charge in [-0.3, -0.25) is 0 Å². The number of hydrogen-bond acceptors (Lipinski definition) is 1. The van der Waals surface area contributed by atoms with Crippen molar-refractivity contribution in [3.63, 3.8) is 0 Å². The minimum absolute atomic E-state index is 0.542. The third kappa shape index (κ3) is 9.87. The number of nitrogens with zero attached hydrogens (tertiary/aromatic N) is 3. The molecule has 33 heavy (non-hydrogen) atoms. The van der Waals surface area contributed by atoms with Crippen LogP contribution >= 0.6 is 0 Å². The SMILES string of the molecule is BN(C(C)C)C(C)C.C1=C[CH]([Zr+2][CH]2C=Cc3ccccc32)c2ccccc21.C[N-]C.C[N-]C. The van der Waals surface area contributed by atoms with E-state index in [0.29, 0.717) is 12.1 Å². The van der Waals surface area contributed by atoms with E-state index in [9.17, 15) is 0 Å². The number of allylic oxidation sites excluding steroid dienone is 2. The fraction of sp³-hybridized carbons (Fsp3) is 0.429. The van der Waals surface area contributed by atoms with Crippen LogP contribution in [0.2, 0.25) is 0 Å². The Morgan fingerprint density at radius 3 is 1.33 bits per heavy atom. The van der Waals surface area contributed by atoms with E-state index < -0.39 is 23.2 Å². The first-order chi connectivity index (χ1) is 15.8. The predicted molar refractivity (Wildman–Crippen MR) is 148 cm³/mol. The summed E-state index contributed by atoms with van der Waals surface area (Å²) in [6.07, 6.45) is 9.49. The van der Waals surface area contributed by atoms with E-state index in [0.717, 1.165) is 7.25 Å². The molecule has 0 N–H and O–H groups in total. The van der Waals surface area contributed by atoms with E-state index in [2.05, 4.69) is 124 Å². The van der Waals surface area contributed by atoms with Crippen LogP contribution in [-0.4, -0.2) is 53.1 Å². The molecule has 0 bridgehead atoms. The molecule has 0 saturated heterocycles. The van der Waals surface area contributed by atoms with Crippen LogP contribution in [-0.2, 0) is 23.2 Å². The Morgan fingerprint density at radius 1 is 0.697 bits per heavy atom. The maximum Gasteiger partial charge on any atom is -0.162 e. The summed E-state index contributed by atoms with van der Waals surface area (Å²) in [6.45, 7) is 8.83. The zero-order valence-electron chi connectivity index (χ0n) is 22.1. The van der Waals surface area contributed by atoms with E-state index in [1.807, 2.05) is 0 Å². The van der Waals surface area contributed by atoms with Crippen molar-refractivity contribution in [1.29, 1.82) is 0 Å². The van der Waals surface area contributed by atoms with Gasteiger partial charge in [-0.15, -0.1) is 0 Å². The molecule has 0 fully saturated rings. The van der Waals surface area contributed by atoms with Gasteiger partial charge in [0.25, 0.3) is 0 Å². The number of fused-ring (bicyclic) bond motifs is 2. The normalized spacial score (nSPS) is 16.7. The summed E-state index contributed by atoms with van der Waals surface area (Å²) in [4.78, 5) is 2.33. The molecule has 2 aromatic carbocycles. The van der Waals surface area contributed by atoms with E-state index in [1.165, 1.54) is 11.1 Å². The number of hydrogen-bond donors (Lipinski definition) is 0. The maximum atomic E-state index is 3.50. The van der Waals surface area contributed by atoms with Gasteiger partial charge in [0.1, 0.15) is 0 Å². The molecule has 176 valence electrons. The van der Waals surface area contributed by atoms with Crippen LogP contribution in [0.3, 0.4) is 0 Å². The van der Waals surface area contributed by atoms with Crippen LogP contribution in [0.4, 0.5) is 0 Å². The van der Waals surface area contributed by atoms with Crippen LogP contribution in [0, 0.1) is 0 Å². The Kier molecular flexibility index (Phi) is 14.8. The van der Waals surface area contributed by atoms with Crippen LogP contribution in [0.25, 0.3) is 22.8 Å². The van der Waals surface area contributed by atoms with Crippen molar-refractivity contribution in [2.75, 3.05) is 28.2 Å². The van der Waals surface area contributed by atoms with Gasteiger partial charge in [0.2, 0.25) is 0 Å². The molecule has 3 nitrogen and oxygen atoms in total.